The summed E-state index contributed by atoms with van der Waals surface area (Å²) in [5, 5.41) is 13.7. The standard InChI is InChI=1S/C22H23F3N6O/c1-12-19(26)13(10-27-2)9-15(20(12)32)16-4-3-14-18(22(23,24)25)17(11-29-21(14)30-16)31-7-5-28-6-8-31/h3-4,9-11,28,32H,5-8,26H2,1-2H3. The van der Waals surface area contributed by atoms with Crippen molar-refractivity contribution >= 4 is 28.6 Å². The topological polar surface area (TPSA) is 99.7 Å². The smallest absolute Gasteiger partial charge is 0.419 e. The van der Waals surface area contributed by atoms with Crippen molar-refractivity contribution in [2.45, 2.75) is 13.1 Å². The summed E-state index contributed by atoms with van der Waals surface area (Å²) in [5.74, 6) is -0.0870. The van der Waals surface area contributed by atoms with Crippen LogP contribution in [0.4, 0.5) is 24.5 Å². The molecule has 1 aromatic carbocycles. The third-order valence-electron chi connectivity index (χ3n) is 5.62. The number of nitrogens with one attached hydrogen (secondary N) is 1. The molecule has 32 heavy (non-hydrogen) atoms. The van der Waals surface area contributed by atoms with E-state index in [-0.39, 0.29) is 22.5 Å². The minimum Gasteiger partial charge on any atom is -0.507 e. The molecule has 0 bridgehead atoms. The van der Waals surface area contributed by atoms with Gasteiger partial charge in [0.05, 0.1) is 23.1 Å². The van der Waals surface area contributed by atoms with Gasteiger partial charge >= 0.3 is 6.18 Å². The second-order valence-corrected chi connectivity index (χ2v) is 7.61. The molecular weight excluding hydrogens is 421 g/mol. The van der Waals surface area contributed by atoms with Crippen LogP contribution in [-0.4, -0.2) is 54.5 Å². The number of halogens is 3. The van der Waals surface area contributed by atoms with Gasteiger partial charge in [-0.25, -0.2) is 9.97 Å². The summed E-state index contributed by atoms with van der Waals surface area (Å²) in [5.41, 5.74) is 7.32. The largest absolute Gasteiger partial charge is 0.507 e. The van der Waals surface area contributed by atoms with Crippen LogP contribution in [0.25, 0.3) is 22.3 Å². The minimum absolute atomic E-state index is 0.0479. The maximum atomic E-state index is 14.1. The molecular formula is C22H23F3N6O. The molecule has 1 aliphatic rings. The highest BCUT2D eigenvalue weighted by Gasteiger charge is 2.38. The number of piperazine rings is 1. The lowest BCUT2D eigenvalue weighted by atomic mass is 9.99. The van der Waals surface area contributed by atoms with Crippen LogP contribution in [0.5, 0.6) is 5.75 Å². The fraction of sp³-hybridized carbons (Fsp3) is 0.318. The number of hydrogen-bond acceptors (Lipinski definition) is 7. The van der Waals surface area contributed by atoms with E-state index in [1.807, 2.05) is 0 Å². The van der Waals surface area contributed by atoms with Gasteiger partial charge in [-0.05, 0) is 25.1 Å². The molecule has 1 saturated heterocycles. The van der Waals surface area contributed by atoms with Gasteiger partial charge in [-0.3, -0.25) is 4.99 Å². The molecule has 168 valence electrons. The lowest BCUT2D eigenvalue weighted by Crippen LogP contribution is -2.44. The summed E-state index contributed by atoms with van der Waals surface area (Å²) in [7, 11) is 1.59. The summed E-state index contributed by atoms with van der Waals surface area (Å²) < 4.78 is 42.3. The highest BCUT2D eigenvalue weighted by Crippen LogP contribution is 2.42. The van der Waals surface area contributed by atoms with E-state index in [1.165, 1.54) is 18.3 Å². The number of aliphatic imine (C=N–C) groups is 1. The Morgan fingerprint density at radius 3 is 2.62 bits per heavy atom. The monoisotopic (exact) mass is 444 g/mol. The summed E-state index contributed by atoms with van der Waals surface area (Å²) in [6, 6.07) is 4.43. The highest BCUT2D eigenvalue weighted by atomic mass is 19.4. The number of nitrogens with two attached hydrogens (primary N) is 1. The Morgan fingerprint density at radius 1 is 1.25 bits per heavy atom. The third kappa shape index (κ3) is 3.81. The second-order valence-electron chi connectivity index (χ2n) is 7.61. The molecule has 2 aromatic heterocycles. The molecule has 7 nitrogen and oxygen atoms in total. The summed E-state index contributed by atoms with van der Waals surface area (Å²) >= 11 is 0. The van der Waals surface area contributed by atoms with Crippen molar-refractivity contribution in [2.24, 2.45) is 4.99 Å². The zero-order valence-corrected chi connectivity index (χ0v) is 17.7. The molecule has 0 saturated carbocycles. The Morgan fingerprint density at radius 2 is 1.97 bits per heavy atom. The van der Waals surface area contributed by atoms with Gasteiger partial charge in [-0.2, -0.15) is 13.2 Å². The number of benzene rings is 1. The van der Waals surface area contributed by atoms with Crippen LogP contribution in [0.2, 0.25) is 0 Å². The van der Waals surface area contributed by atoms with Crippen LogP contribution in [-0.2, 0) is 6.18 Å². The van der Waals surface area contributed by atoms with Crippen molar-refractivity contribution in [3.63, 3.8) is 0 Å². The maximum absolute atomic E-state index is 14.1. The lowest BCUT2D eigenvalue weighted by Gasteiger charge is -2.31. The van der Waals surface area contributed by atoms with Crippen molar-refractivity contribution < 1.29 is 18.3 Å². The molecule has 0 spiro atoms. The number of hydrogen-bond donors (Lipinski definition) is 3. The van der Waals surface area contributed by atoms with Crippen molar-refractivity contribution in [3.8, 4) is 17.0 Å². The predicted octanol–water partition coefficient (Wildman–Crippen LogP) is 3.37. The average molecular weight is 444 g/mol. The number of anilines is 2. The maximum Gasteiger partial charge on any atom is 0.419 e. The van der Waals surface area contributed by atoms with Crippen LogP contribution >= 0.6 is 0 Å². The van der Waals surface area contributed by atoms with Crippen molar-refractivity contribution in [1.82, 2.24) is 15.3 Å². The molecule has 0 radical (unpaired) electrons. The number of pyridine rings is 2. The van der Waals surface area contributed by atoms with Crippen LogP contribution < -0.4 is 16.0 Å². The molecule has 3 aromatic rings. The number of fused-ring (bicyclic) bond motifs is 1. The zero-order chi connectivity index (χ0) is 23.0. The van der Waals surface area contributed by atoms with E-state index in [0.717, 1.165) is 0 Å². The fourth-order valence-corrected chi connectivity index (χ4v) is 3.95. The molecule has 0 amide bonds. The quantitative estimate of drug-likeness (QED) is 0.423. The number of phenols is 1. The first kappa shape index (κ1) is 21.8. The summed E-state index contributed by atoms with van der Waals surface area (Å²) in [4.78, 5) is 14.2. The van der Waals surface area contributed by atoms with E-state index in [4.69, 9.17) is 5.73 Å². The SMILES string of the molecule is CN=Cc1cc(-c2ccc3c(C(F)(F)F)c(N4CCNCC4)cnc3n2)c(O)c(C)c1N. The Kier molecular flexibility index (Phi) is 5.64. The van der Waals surface area contributed by atoms with Crippen LogP contribution in [0, 0.1) is 6.92 Å². The molecule has 1 aliphatic heterocycles. The third-order valence-corrected chi connectivity index (χ3v) is 5.62. The average Bonchev–Trinajstić information content (AvgIpc) is 2.78. The molecule has 4 rings (SSSR count). The molecule has 3 heterocycles. The second kappa shape index (κ2) is 8.27. The van der Waals surface area contributed by atoms with E-state index in [1.54, 1.807) is 31.2 Å². The lowest BCUT2D eigenvalue weighted by molar-refractivity contribution is -0.135. The number of nitrogen functional groups attached to an aromatic ring is 1. The predicted molar refractivity (Wildman–Crippen MR) is 119 cm³/mol. The number of phenolic OH excluding ortho intramolecular Hbond substituents is 1. The first-order chi connectivity index (χ1) is 15.2. The number of rotatable bonds is 3. The Balaban J connectivity index is 1.90. The molecule has 0 aliphatic carbocycles. The Bertz CT molecular complexity index is 1200. The van der Waals surface area contributed by atoms with E-state index in [9.17, 15) is 18.3 Å². The van der Waals surface area contributed by atoms with Gasteiger partial charge in [0.15, 0.2) is 5.65 Å². The van der Waals surface area contributed by atoms with Gasteiger partial charge in [0.2, 0.25) is 0 Å². The van der Waals surface area contributed by atoms with Crippen LogP contribution in [0.15, 0.2) is 29.4 Å². The number of nitrogens with zero attached hydrogens (tertiary/aromatic N) is 4. The molecule has 4 N–H and O–H groups in total. The normalized spacial score (nSPS) is 15.1. The van der Waals surface area contributed by atoms with Crippen molar-refractivity contribution in [2.75, 3.05) is 43.9 Å². The molecule has 10 heteroatoms. The molecule has 1 fully saturated rings. The minimum atomic E-state index is -4.57. The van der Waals surface area contributed by atoms with E-state index in [2.05, 4.69) is 20.3 Å². The van der Waals surface area contributed by atoms with Crippen LogP contribution in [0.3, 0.4) is 0 Å². The number of alkyl halides is 3. The van der Waals surface area contributed by atoms with Gasteiger partial charge in [-0.1, -0.05) is 0 Å². The van der Waals surface area contributed by atoms with Gasteiger partial charge in [0, 0.05) is 67.2 Å². The Labute approximate surface area is 182 Å². The summed E-state index contributed by atoms with van der Waals surface area (Å²) in [6.45, 7) is 3.78. The molecule has 0 atom stereocenters. The van der Waals surface area contributed by atoms with E-state index in [0.29, 0.717) is 54.3 Å². The first-order valence-electron chi connectivity index (χ1n) is 10.1. The molecule has 0 unspecified atom stereocenters. The number of aromatic nitrogens is 2. The van der Waals surface area contributed by atoms with E-state index < -0.39 is 11.7 Å². The Hall–Kier alpha value is -3.40. The summed E-state index contributed by atoms with van der Waals surface area (Å²) in [6.07, 6.45) is -1.79. The number of aromatic hydroxyl groups is 1. The van der Waals surface area contributed by atoms with Crippen LogP contribution in [0.1, 0.15) is 16.7 Å². The van der Waals surface area contributed by atoms with Crippen molar-refractivity contribution in [1.29, 1.82) is 0 Å². The zero-order valence-electron chi connectivity index (χ0n) is 17.7. The highest BCUT2D eigenvalue weighted by molar-refractivity contribution is 5.93. The van der Waals surface area contributed by atoms with Gasteiger partial charge in [-0.15, -0.1) is 0 Å². The first-order valence-corrected chi connectivity index (χ1v) is 10.1. The fourth-order valence-electron chi connectivity index (χ4n) is 3.95. The van der Waals surface area contributed by atoms with Gasteiger partial charge < -0.3 is 21.1 Å². The van der Waals surface area contributed by atoms with Crippen molar-refractivity contribution in [3.05, 3.63) is 41.1 Å². The van der Waals surface area contributed by atoms with Gasteiger partial charge in [0.25, 0.3) is 0 Å². The van der Waals surface area contributed by atoms with E-state index >= 15 is 0 Å². The van der Waals surface area contributed by atoms with Gasteiger partial charge in [0.1, 0.15) is 5.75 Å².